The van der Waals surface area contributed by atoms with Crippen LogP contribution in [0.2, 0.25) is 0 Å². The van der Waals surface area contributed by atoms with Crippen molar-refractivity contribution in [2.45, 2.75) is 12.8 Å². The first-order chi connectivity index (χ1) is 10.9. The Morgan fingerprint density at radius 2 is 0.875 bits per heavy atom. The Morgan fingerprint density at radius 1 is 0.708 bits per heavy atom. The third kappa shape index (κ3) is 17.4. The Hall–Kier alpha value is -2.70. The molecule has 0 unspecified atom stereocenters. The van der Waals surface area contributed by atoms with Crippen molar-refractivity contribution in [3.8, 4) is 0 Å². The summed E-state index contributed by atoms with van der Waals surface area (Å²) >= 11 is 0. The molecule has 0 radical (unpaired) electrons. The average Bonchev–Trinajstić information content (AvgIpc) is 2.40. The number of hydrogen-bond acceptors (Lipinski definition) is 7. The average molecular weight is 350 g/mol. The SMILES string of the molecule is C=CCC(C(=O)O)C(=O)O.C=CCC(C(=O)O)C(=O)O.OB(O)O. The van der Waals surface area contributed by atoms with Gasteiger partial charge in [-0.2, -0.15) is 0 Å². The number of carboxylic acids is 4. The summed E-state index contributed by atoms with van der Waals surface area (Å²) < 4.78 is 0. The monoisotopic (exact) mass is 350 g/mol. The van der Waals surface area contributed by atoms with Crippen LogP contribution in [0.3, 0.4) is 0 Å². The Kier molecular flexibility index (Phi) is 16.6. The highest BCUT2D eigenvalue weighted by atomic mass is 16.5. The van der Waals surface area contributed by atoms with Gasteiger partial charge in [0.25, 0.3) is 0 Å². The van der Waals surface area contributed by atoms with Gasteiger partial charge >= 0.3 is 31.2 Å². The first-order valence-corrected chi connectivity index (χ1v) is 6.09. The summed E-state index contributed by atoms with van der Waals surface area (Å²) in [6.45, 7) is 6.48. The normalized spacial score (nSPS) is 8.88. The van der Waals surface area contributed by atoms with Gasteiger partial charge in [-0.25, -0.2) is 0 Å². The van der Waals surface area contributed by atoms with Gasteiger partial charge in [-0.15, -0.1) is 13.2 Å². The smallest absolute Gasteiger partial charge is 0.481 e. The zero-order valence-corrected chi connectivity index (χ0v) is 12.5. The van der Waals surface area contributed by atoms with Crippen molar-refractivity contribution >= 4 is 31.2 Å². The van der Waals surface area contributed by atoms with E-state index in [1.54, 1.807) is 0 Å². The molecule has 0 aromatic heterocycles. The van der Waals surface area contributed by atoms with Crippen molar-refractivity contribution in [1.82, 2.24) is 0 Å². The number of hydrogen-bond donors (Lipinski definition) is 7. The van der Waals surface area contributed by atoms with Crippen LogP contribution in [0.4, 0.5) is 0 Å². The maximum Gasteiger partial charge on any atom is 0.631 e. The van der Waals surface area contributed by atoms with E-state index in [4.69, 9.17) is 35.5 Å². The standard InChI is InChI=1S/2C6H8O4.BH3O3/c2*1-2-3-4(5(7)8)6(9)10;2-1(3)4/h2*2,4H,1,3H2,(H,7,8)(H,9,10);2-4H. The van der Waals surface area contributed by atoms with E-state index < -0.39 is 43.0 Å². The molecule has 0 saturated carbocycles. The zero-order valence-electron chi connectivity index (χ0n) is 12.5. The van der Waals surface area contributed by atoms with E-state index in [0.29, 0.717) is 0 Å². The van der Waals surface area contributed by atoms with Crippen molar-refractivity contribution in [3.63, 3.8) is 0 Å². The topological polar surface area (TPSA) is 210 Å². The molecular weight excluding hydrogens is 331 g/mol. The molecule has 0 bridgehead atoms. The lowest BCUT2D eigenvalue weighted by Gasteiger charge is -2.01. The minimum absolute atomic E-state index is 0.0370. The minimum atomic E-state index is -2.17. The number of allylic oxidation sites excluding steroid dienone is 2. The summed E-state index contributed by atoms with van der Waals surface area (Å²) in [7, 11) is -2.17. The van der Waals surface area contributed by atoms with Crippen molar-refractivity contribution in [2.24, 2.45) is 11.8 Å². The van der Waals surface area contributed by atoms with E-state index in [1.165, 1.54) is 12.2 Å². The molecule has 12 heteroatoms. The highest BCUT2D eigenvalue weighted by molar-refractivity contribution is 6.30. The Morgan fingerprint density at radius 3 is 0.917 bits per heavy atom. The van der Waals surface area contributed by atoms with E-state index >= 15 is 0 Å². The number of rotatable bonds is 8. The fraction of sp³-hybridized carbons (Fsp3) is 0.333. The fourth-order valence-electron chi connectivity index (χ4n) is 0.948. The van der Waals surface area contributed by atoms with Crippen molar-refractivity contribution in [2.75, 3.05) is 0 Å². The number of aliphatic carboxylic acids is 4. The Bertz CT molecular complexity index is 378. The van der Waals surface area contributed by atoms with Crippen LogP contribution in [0, 0.1) is 11.8 Å². The predicted molar refractivity (Wildman–Crippen MR) is 79.6 cm³/mol. The predicted octanol–water partition coefficient (Wildman–Crippen LogP) is -1.36. The molecule has 7 N–H and O–H groups in total. The summed E-state index contributed by atoms with van der Waals surface area (Å²) in [6, 6.07) is 0. The van der Waals surface area contributed by atoms with E-state index in [2.05, 4.69) is 13.2 Å². The molecule has 0 aliphatic carbocycles. The molecule has 0 heterocycles. The van der Waals surface area contributed by atoms with E-state index in [0.717, 1.165) is 0 Å². The lowest BCUT2D eigenvalue weighted by atomic mass is 10.1. The van der Waals surface area contributed by atoms with Crippen molar-refractivity contribution < 1.29 is 54.7 Å². The second kappa shape index (κ2) is 15.2. The summed E-state index contributed by atoms with van der Waals surface area (Å²) in [5.74, 6) is -8.01. The largest absolute Gasteiger partial charge is 0.631 e. The van der Waals surface area contributed by atoms with Gasteiger partial charge < -0.3 is 35.5 Å². The summed E-state index contributed by atoms with van der Waals surface area (Å²) in [4.78, 5) is 40.4. The highest BCUT2D eigenvalue weighted by Gasteiger charge is 2.24. The van der Waals surface area contributed by atoms with E-state index in [9.17, 15) is 19.2 Å². The third-order valence-corrected chi connectivity index (χ3v) is 2.00. The first kappa shape index (κ1) is 26.2. The molecule has 0 amide bonds. The molecule has 0 atom stereocenters. The third-order valence-electron chi connectivity index (χ3n) is 2.00. The molecule has 0 aliphatic rings. The summed E-state index contributed by atoms with van der Waals surface area (Å²) in [6.07, 6.45) is 2.47. The van der Waals surface area contributed by atoms with Crippen molar-refractivity contribution in [1.29, 1.82) is 0 Å². The lowest BCUT2D eigenvalue weighted by molar-refractivity contribution is -0.156. The lowest BCUT2D eigenvalue weighted by Crippen LogP contribution is -2.22. The van der Waals surface area contributed by atoms with E-state index in [-0.39, 0.29) is 12.8 Å². The summed E-state index contributed by atoms with van der Waals surface area (Å²) in [5.41, 5.74) is 0. The second-order valence-electron chi connectivity index (χ2n) is 3.85. The molecule has 0 aromatic carbocycles. The van der Waals surface area contributed by atoms with Crippen LogP contribution in [0.5, 0.6) is 0 Å². The van der Waals surface area contributed by atoms with Crippen LogP contribution in [0.25, 0.3) is 0 Å². The van der Waals surface area contributed by atoms with Crippen LogP contribution in [0.15, 0.2) is 25.3 Å². The molecular formula is C12H19BO11. The van der Waals surface area contributed by atoms with Gasteiger partial charge in [0.2, 0.25) is 0 Å². The van der Waals surface area contributed by atoms with E-state index in [1.807, 2.05) is 0 Å². The van der Waals surface area contributed by atoms with Crippen LogP contribution in [-0.2, 0) is 19.2 Å². The van der Waals surface area contributed by atoms with Crippen LogP contribution in [0.1, 0.15) is 12.8 Å². The van der Waals surface area contributed by atoms with Gasteiger partial charge in [0.15, 0.2) is 11.8 Å². The van der Waals surface area contributed by atoms with Crippen LogP contribution in [-0.4, -0.2) is 66.7 Å². The molecule has 0 fully saturated rings. The second-order valence-corrected chi connectivity index (χ2v) is 3.85. The maximum atomic E-state index is 10.1. The quantitative estimate of drug-likeness (QED) is 0.154. The number of carboxylic acid groups (broad SMARTS) is 4. The molecule has 0 rings (SSSR count). The van der Waals surface area contributed by atoms with Crippen LogP contribution >= 0.6 is 0 Å². The Balaban J connectivity index is -0.000000301. The van der Waals surface area contributed by atoms with Gasteiger partial charge in [-0.1, -0.05) is 12.2 Å². The molecule has 0 aliphatic heterocycles. The molecule has 24 heavy (non-hydrogen) atoms. The van der Waals surface area contributed by atoms with Crippen LogP contribution < -0.4 is 0 Å². The molecule has 136 valence electrons. The Labute approximate surface area is 137 Å². The highest BCUT2D eigenvalue weighted by Crippen LogP contribution is 2.03. The van der Waals surface area contributed by atoms with Gasteiger partial charge in [0.05, 0.1) is 0 Å². The molecule has 0 aromatic rings. The first-order valence-electron chi connectivity index (χ1n) is 6.09. The molecule has 0 spiro atoms. The van der Waals surface area contributed by atoms with Gasteiger partial charge in [-0.05, 0) is 12.8 Å². The maximum absolute atomic E-state index is 10.1. The van der Waals surface area contributed by atoms with Crippen molar-refractivity contribution in [3.05, 3.63) is 25.3 Å². The zero-order chi connectivity index (χ0) is 19.9. The molecule has 0 saturated heterocycles. The molecule has 11 nitrogen and oxygen atoms in total. The van der Waals surface area contributed by atoms with Gasteiger partial charge in [0, 0.05) is 0 Å². The minimum Gasteiger partial charge on any atom is -0.481 e. The summed E-state index contributed by atoms with van der Waals surface area (Å²) in [5, 5.41) is 54.5. The number of carbonyl (C=O) groups is 4. The van der Waals surface area contributed by atoms with Gasteiger partial charge in [-0.3, -0.25) is 19.2 Å². The van der Waals surface area contributed by atoms with Gasteiger partial charge in [0.1, 0.15) is 0 Å². The fourth-order valence-corrected chi connectivity index (χ4v) is 0.948.